The Bertz CT molecular complexity index is 554. The van der Waals surface area contributed by atoms with Crippen LogP contribution in [0.15, 0.2) is 24.3 Å². The highest BCUT2D eigenvalue weighted by atomic mass is 16.2. The second-order valence-electron chi connectivity index (χ2n) is 5.71. The van der Waals surface area contributed by atoms with Gasteiger partial charge in [0.25, 0.3) is 0 Å². The molecule has 0 spiro atoms. The highest BCUT2D eigenvalue weighted by Gasteiger charge is 2.18. The summed E-state index contributed by atoms with van der Waals surface area (Å²) in [5.41, 5.74) is 1.70. The van der Waals surface area contributed by atoms with Crippen molar-refractivity contribution in [3.8, 4) is 6.07 Å². The van der Waals surface area contributed by atoms with E-state index in [0.29, 0.717) is 18.9 Å². The minimum Gasteiger partial charge on any atom is -0.351 e. The summed E-state index contributed by atoms with van der Waals surface area (Å²) in [7, 11) is 0. The third-order valence-corrected chi connectivity index (χ3v) is 3.92. The summed E-state index contributed by atoms with van der Waals surface area (Å²) in [4.78, 5) is 23.1. The molecule has 2 N–H and O–H groups in total. The van der Waals surface area contributed by atoms with Gasteiger partial charge in [-0.1, -0.05) is 25.0 Å². The molecule has 0 aromatic heterocycles. The van der Waals surface area contributed by atoms with E-state index in [1.165, 1.54) is 12.8 Å². The number of rotatable bonds is 6. The molecule has 0 aliphatic heterocycles. The molecule has 0 saturated heterocycles. The molecule has 0 radical (unpaired) electrons. The molecule has 22 heavy (non-hydrogen) atoms. The molecule has 5 nitrogen and oxygen atoms in total. The van der Waals surface area contributed by atoms with Crippen LogP contribution in [0.4, 0.5) is 5.69 Å². The lowest BCUT2D eigenvalue weighted by Gasteiger charge is -2.10. The molecule has 5 heteroatoms. The Hall–Kier alpha value is -2.35. The summed E-state index contributed by atoms with van der Waals surface area (Å²) >= 11 is 0. The lowest BCUT2D eigenvalue weighted by atomic mass is 10.0. The van der Waals surface area contributed by atoms with Gasteiger partial charge in [0, 0.05) is 18.7 Å². The maximum Gasteiger partial charge on any atom is 0.234 e. The molecule has 1 fully saturated rings. The van der Waals surface area contributed by atoms with Crippen molar-refractivity contribution in [1.82, 2.24) is 5.32 Å². The normalized spacial score (nSPS) is 14.3. The highest BCUT2D eigenvalue weighted by molar-refractivity contribution is 5.90. The molecular formula is C17H21N3O2. The van der Waals surface area contributed by atoms with E-state index in [4.69, 9.17) is 5.26 Å². The minimum absolute atomic E-state index is 0.0713. The lowest BCUT2D eigenvalue weighted by Crippen LogP contribution is -2.21. The Morgan fingerprint density at radius 2 is 1.82 bits per heavy atom. The second kappa shape index (κ2) is 8.18. The largest absolute Gasteiger partial charge is 0.351 e. The van der Waals surface area contributed by atoms with Crippen LogP contribution in [-0.2, 0) is 16.1 Å². The van der Waals surface area contributed by atoms with E-state index in [2.05, 4.69) is 10.6 Å². The predicted molar refractivity (Wildman–Crippen MR) is 83.7 cm³/mol. The zero-order valence-corrected chi connectivity index (χ0v) is 12.6. The first-order valence-corrected chi connectivity index (χ1v) is 7.70. The second-order valence-corrected chi connectivity index (χ2v) is 5.71. The van der Waals surface area contributed by atoms with Crippen LogP contribution >= 0.6 is 0 Å². The number of carbonyl (C=O) groups excluding carboxylic acids is 2. The zero-order chi connectivity index (χ0) is 15.8. The van der Waals surface area contributed by atoms with Crippen LogP contribution in [0.1, 0.15) is 44.1 Å². The molecule has 2 amide bonds. The third-order valence-electron chi connectivity index (χ3n) is 3.92. The third kappa shape index (κ3) is 5.21. The fourth-order valence-corrected chi connectivity index (χ4v) is 2.73. The van der Waals surface area contributed by atoms with Crippen molar-refractivity contribution in [3.05, 3.63) is 29.8 Å². The standard InChI is InChI=1S/C17H21N3O2/c18-10-9-16(21)19-12-14-5-7-15(8-6-14)20-17(22)11-13-3-1-2-4-13/h5-8,13H,1-4,9,11-12H2,(H,19,21)(H,20,22). The number of hydrogen-bond acceptors (Lipinski definition) is 3. The summed E-state index contributed by atoms with van der Waals surface area (Å²) in [6.45, 7) is 0.386. The fraction of sp³-hybridized carbons (Fsp3) is 0.471. The Morgan fingerprint density at radius 3 is 2.45 bits per heavy atom. The molecule has 0 heterocycles. The van der Waals surface area contributed by atoms with Gasteiger partial charge >= 0.3 is 0 Å². The van der Waals surface area contributed by atoms with Crippen molar-refractivity contribution < 1.29 is 9.59 Å². The van der Waals surface area contributed by atoms with E-state index in [1.54, 1.807) is 6.07 Å². The molecule has 1 aliphatic carbocycles. The molecule has 1 aromatic rings. The summed E-state index contributed by atoms with van der Waals surface area (Å²) in [5.74, 6) is 0.327. The number of nitriles is 1. The average molecular weight is 299 g/mol. The van der Waals surface area contributed by atoms with Gasteiger partial charge in [0.05, 0.1) is 6.07 Å². The smallest absolute Gasteiger partial charge is 0.234 e. The molecule has 2 rings (SSSR count). The maximum absolute atomic E-state index is 11.9. The van der Waals surface area contributed by atoms with Crippen LogP contribution in [0, 0.1) is 17.2 Å². The van der Waals surface area contributed by atoms with Gasteiger partial charge < -0.3 is 10.6 Å². The number of amides is 2. The Morgan fingerprint density at radius 1 is 1.14 bits per heavy atom. The predicted octanol–water partition coefficient (Wildman–Crippen LogP) is 2.74. The molecule has 0 atom stereocenters. The molecule has 1 aliphatic rings. The number of benzene rings is 1. The van der Waals surface area contributed by atoms with Crippen molar-refractivity contribution >= 4 is 17.5 Å². The zero-order valence-electron chi connectivity index (χ0n) is 12.6. The lowest BCUT2D eigenvalue weighted by molar-refractivity contribution is -0.120. The number of hydrogen-bond donors (Lipinski definition) is 2. The van der Waals surface area contributed by atoms with Gasteiger partial charge in [-0.2, -0.15) is 5.26 Å². The maximum atomic E-state index is 11.9. The van der Waals surface area contributed by atoms with E-state index in [9.17, 15) is 9.59 Å². The van der Waals surface area contributed by atoms with Gasteiger partial charge in [-0.05, 0) is 36.5 Å². The van der Waals surface area contributed by atoms with E-state index in [1.807, 2.05) is 24.3 Å². The van der Waals surface area contributed by atoms with E-state index < -0.39 is 0 Å². The summed E-state index contributed by atoms with van der Waals surface area (Å²) in [5, 5.41) is 14.0. The van der Waals surface area contributed by atoms with Crippen LogP contribution in [0.2, 0.25) is 0 Å². The monoisotopic (exact) mass is 299 g/mol. The van der Waals surface area contributed by atoms with Crippen molar-refractivity contribution in [3.63, 3.8) is 0 Å². The number of nitrogens with one attached hydrogen (secondary N) is 2. The van der Waals surface area contributed by atoms with Gasteiger partial charge in [0.15, 0.2) is 0 Å². The summed E-state index contributed by atoms with van der Waals surface area (Å²) in [6.07, 6.45) is 5.28. The molecule has 0 unspecified atom stereocenters. The van der Waals surface area contributed by atoms with E-state index in [0.717, 1.165) is 24.1 Å². The van der Waals surface area contributed by atoms with Crippen LogP contribution < -0.4 is 10.6 Å². The summed E-state index contributed by atoms with van der Waals surface area (Å²) < 4.78 is 0. The van der Waals surface area contributed by atoms with Gasteiger partial charge in [0.1, 0.15) is 6.42 Å². The fourth-order valence-electron chi connectivity index (χ4n) is 2.73. The minimum atomic E-state index is -0.281. The molecule has 116 valence electrons. The first kappa shape index (κ1) is 16.0. The molecular weight excluding hydrogens is 278 g/mol. The molecule has 1 aromatic carbocycles. The van der Waals surface area contributed by atoms with Gasteiger partial charge in [-0.15, -0.1) is 0 Å². The summed E-state index contributed by atoms with van der Waals surface area (Å²) in [6, 6.07) is 9.19. The number of anilines is 1. The van der Waals surface area contributed by atoms with Crippen LogP contribution in [0.5, 0.6) is 0 Å². The first-order chi connectivity index (χ1) is 10.7. The number of carbonyl (C=O) groups is 2. The Labute approximate surface area is 130 Å². The van der Waals surface area contributed by atoms with E-state index in [-0.39, 0.29) is 18.2 Å². The average Bonchev–Trinajstić information content (AvgIpc) is 2.99. The molecule has 1 saturated carbocycles. The van der Waals surface area contributed by atoms with Gasteiger partial charge in [-0.25, -0.2) is 0 Å². The topological polar surface area (TPSA) is 82.0 Å². The Kier molecular flexibility index (Phi) is 5.96. The van der Waals surface area contributed by atoms with E-state index >= 15 is 0 Å². The van der Waals surface area contributed by atoms with Gasteiger partial charge in [-0.3, -0.25) is 9.59 Å². The number of nitrogens with zero attached hydrogens (tertiary/aromatic N) is 1. The van der Waals surface area contributed by atoms with Crippen molar-refractivity contribution in [2.45, 2.75) is 45.1 Å². The molecule has 0 bridgehead atoms. The quantitative estimate of drug-likeness (QED) is 0.847. The SMILES string of the molecule is N#CCC(=O)NCc1ccc(NC(=O)CC2CCCC2)cc1. The van der Waals surface area contributed by atoms with Crippen molar-refractivity contribution in [2.75, 3.05) is 5.32 Å². The highest BCUT2D eigenvalue weighted by Crippen LogP contribution is 2.27. The first-order valence-electron chi connectivity index (χ1n) is 7.70. The van der Waals surface area contributed by atoms with Crippen LogP contribution in [0.3, 0.4) is 0 Å². The Balaban J connectivity index is 1.77. The van der Waals surface area contributed by atoms with Crippen molar-refractivity contribution in [2.24, 2.45) is 5.92 Å². The van der Waals surface area contributed by atoms with Crippen molar-refractivity contribution in [1.29, 1.82) is 5.26 Å². The van der Waals surface area contributed by atoms with Crippen LogP contribution in [-0.4, -0.2) is 11.8 Å². The van der Waals surface area contributed by atoms with Gasteiger partial charge in [0.2, 0.25) is 11.8 Å². The van der Waals surface area contributed by atoms with Crippen LogP contribution in [0.25, 0.3) is 0 Å².